The van der Waals surface area contributed by atoms with Crippen LogP contribution in [0.1, 0.15) is 17.0 Å². The van der Waals surface area contributed by atoms with Crippen molar-refractivity contribution in [3.63, 3.8) is 0 Å². The zero-order chi connectivity index (χ0) is 29.0. The molecule has 1 aromatic heterocycles. The Labute approximate surface area is 240 Å². The standard InChI is InChI=1S/C27H23Cl2N5O5S/c1-18-15-20(19(2)33(18)24-13-8-11-22(28)27(24)29)16-30-31-26(35)17-32(21-9-4-3-5-10-21)40(38,39)25-14-7-6-12-23(25)34(36)37/h3-16H,17H2,1-2H3,(H,31,35)/b30-16-. The molecule has 0 saturated carbocycles. The number of hydrogen-bond donors (Lipinski definition) is 1. The molecule has 4 aromatic rings. The smallest absolute Gasteiger partial charge is 0.289 e. The van der Waals surface area contributed by atoms with Crippen molar-refractivity contribution >= 4 is 56.7 Å². The second kappa shape index (κ2) is 11.9. The maximum absolute atomic E-state index is 13.5. The number of nitrogens with one attached hydrogen (secondary N) is 1. The third-order valence-electron chi connectivity index (χ3n) is 6.00. The van der Waals surface area contributed by atoms with Crippen LogP contribution in [-0.2, 0) is 14.8 Å². The molecule has 206 valence electrons. The fourth-order valence-electron chi connectivity index (χ4n) is 4.15. The van der Waals surface area contributed by atoms with Gasteiger partial charge >= 0.3 is 0 Å². The summed E-state index contributed by atoms with van der Waals surface area (Å²) in [6.45, 7) is 3.06. The Hall–Kier alpha value is -4.19. The molecule has 1 heterocycles. The average molecular weight is 600 g/mol. The first kappa shape index (κ1) is 28.8. The zero-order valence-electron chi connectivity index (χ0n) is 21.3. The van der Waals surface area contributed by atoms with E-state index in [1.807, 2.05) is 30.5 Å². The Morgan fingerprint density at radius 2 is 1.73 bits per heavy atom. The molecule has 0 fully saturated rings. The SMILES string of the molecule is Cc1cc(/C=N\NC(=O)CN(c2ccccc2)S(=O)(=O)c2ccccc2[N+](=O)[O-])c(C)n1-c1cccc(Cl)c1Cl. The van der Waals surface area contributed by atoms with Gasteiger partial charge in [-0.25, -0.2) is 13.8 Å². The number of anilines is 1. The van der Waals surface area contributed by atoms with Gasteiger partial charge in [0.05, 0.1) is 32.6 Å². The maximum Gasteiger partial charge on any atom is 0.289 e. The zero-order valence-corrected chi connectivity index (χ0v) is 23.6. The highest BCUT2D eigenvalue weighted by Crippen LogP contribution is 2.32. The molecule has 0 aliphatic carbocycles. The number of carbonyl (C=O) groups excluding carboxylic acids is 1. The van der Waals surface area contributed by atoms with E-state index >= 15 is 0 Å². The second-order valence-corrected chi connectivity index (χ2v) is 11.2. The van der Waals surface area contributed by atoms with Gasteiger partial charge in [-0.2, -0.15) is 5.10 Å². The maximum atomic E-state index is 13.5. The van der Waals surface area contributed by atoms with E-state index in [1.165, 1.54) is 30.5 Å². The highest BCUT2D eigenvalue weighted by Gasteiger charge is 2.33. The van der Waals surface area contributed by atoms with Gasteiger partial charge < -0.3 is 4.57 Å². The van der Waals surface area contributed by atoms with E-state index in [9.17, 15) is 23.3 Å². The molecule has 13 heteroatoms. The average Bonchev–Trinajstić information content (AvgIpc) is 3.21. The molecule has 0 atom stereocenters. The summed E-state index contributed by atoms with van der Waals surface area (Å²) in [7, 11) is -4.50. The van der Waals surface area contributed by atoms with Crippen LogP contribution in [0.5, 0.6) is 0 Å². The number of aromatic nitrogens is 1. The minimum Gasteiger partial charge on any atom is -0.316 e. The number of nitro groups is 1. The third kappa shape index (κ3) is 5.86. The van der Waals surface area contributed by atoms with Gasteiger partial charge in [-0.1, -0.05) is 59.6 Å². The van der Waals surface area contributed by atoms with E-state index in [4.69, 9.17) is 23.2 Å². The van der Waals surface area contributed by atoms with Crippen molar-refractivity contribution in [1.29, 1.82) is 0 Å². The number of amides is 1. The molecule has 0 radical (unpaired) electrons. The third-order valence-corrected chi connectivity index (χ3v) is 8.63. The number of carbonyl (C=O) groups is 1. The number of aryl methyl sites for hydroxylation is 1. The quantitative estimate of drug-likeness (QED) is 0.151. The predicted octanol–water partition coefficient (Wildman–Crippen LogP) is 5.65. The van der Waals surface area contributed by atoms with Gasteiger partial charge in [-0.3, -0.25) is 19.2 Å². The lowest BCUT2D eigenvalue weighted by atomic mass is 10.2. The fourth-order valence-corrected chi connectivity index (χ4v) is 6.11. The first-order valence-electron chi connectivity index (χ1n) is 11.8. The van der Waals surface area contributed by atoms with E-state index in [2.05, 4.69) is 10.5 Å². The molecule has 0 aliphatic heterocycles. The normalized spacial score (nSPS) is 11.5. The number of benzene rings is 3. The number of halogens is 2. The van der Waals surface area contributed by atoms with Gasteiger partial charge in [0.15, 0.2) is 4.90 Å². The molecule has 3 aromatic carbocycles. The molecule has 0 bridgehead atoms. The highest BCUT2D eigenvalue weighted by molar-refractivity contribution is 7.93. The van der Waals surface area contributed by atoms with Crippen LogP contribution in [0.3, 0.4) is 0 Å². The van der Waals surface area contributed by atoms with Crippen LogP contribution >= 0.6 is 23.2 Å². The van der Waals surface area contributed by atoms with Gasteiger partial charge in [-0.05, 0) is 50.2 Å². The van der Waals surface area contributed by atoms with Crippen molar-refractivity contribution in [3.05, 3.63) is 116 Å². The van der Waals surface area contributed by atoms with Gasteiger partial charge in [0, 0.05) is 23.0 Å². The fraction of sp³-hybridized carbons (Fsp3) is 0.111. The number of sulfonamides is 1. The lowest BCUT2D eigenvalue weighted by molar-refractivity contribution is -0.387. The number of hydrogen-bond acceptors (Lipinski definition) is 6. The minimum absolute atomic E-state index is 0.154. The van der Waals surface area contributed by atoms with E-state index in [-0.39, 0.29) is 5.69 Å². The van der Waals surface area contributed by atoms with E-state index < -0.39 is 38.0 Å². The van der Waals surface area contributed by atoms with Crippen molar-refractivity contribution in [1.82, 2.24) is 9.99 Å². The molecule has 1 N–H and O–H groups in total. The lowest BCUT2D eigenvalue weighted by Gasteiger charge is -2.23. The Balaban J connectivity index is 1.59. The summed E-state index contributed by atoms with van der Waals surface area (Å²) in [5, 5.41) is 16.3. The monoisotopic (exact) mass is 599 g/mol. The number of hydrazone groups is 1. The number of nitrogens with zero attached hydrogens (tertiary/aromatic N) is 4. The molecule has 10 nitrogen and oxygen atoms in total. The molecule has 0 saturated heterocycles. The Morgan fingerprint density at radius 3 is 2.42 bits per heavy atom. The van der Waals surface area contributed by atoms with Crippen LogP contribution in [0.25, 0.3) is 5.69 Å². The largest absolute Gasteiger partial charge is 0.316 e. The molecule has 4 rings (SSSR count). The Morgan fingerprint density at radius 1 is 1.05 bits per heavy atom. The molecule has 0 unspecified atom stereocenters. The lowest BCUT2D eigenvalue weighted by Crippen LogP contribution is -2.39. The van der Waals surface area contributed by atoms with Crippen LogP contribution in [0.2, 0.25) is 10.0 Å². The predicted molar refractivity (Wildman–Crippen MR) is 155 cm³/mol. The summed E-state index contributed by atoms with van der Waals surface area (Å²) in [5.74, 6) is -0.756. The van der Waals surface area contributed by atoms with Crippen LogP contribution < -0.4 is 9.73 Å². The summed E-state index contributed by atoms with van der Waals surface area (Å²) in [6, 6.07) is 19.9. The van der Waals surface area contributed by atoms with E-state index in [1.54, 1.807) is 30.3 Å². The molecular formula is C27H23Cl2N5O5S. The van der Waals surface area contributed by atoms with Crippen LogP contribution in [-0.4, -0.2) is 36.6 Å². The van der Waals surface area contributed by atoms with Gasteiger partial charge in [0.1, 0.15) is 6.54 Å². The first-order valence-corrected chi connectivity index (χ1v) is 14.0. The molecule has 1 amide bonds. The topological polar surface area (TPSA) is 127 Å². The number of para-hydroxylation sites is 2. The number of rotatable bonds is 9. The van der Waals surface area contributed by atoms with E-state index in [0.717, 1.165) is 27.8 Å². The van der Waals surface area contributed by atoms with Gasteiger partial charge in [0.25, 0.3) is 21.6 Å². The van der Waals surface area contributed by atoms with Crippen molar-refractivity contribution < 1.29 is 18.1 Å². The van der Waals surface area contributed by atoms with Gasteiger partial charge in [-0.15, -0.1) is 0 Å². The van der Waals surface area contributed by atoms with Gasteiger partial charge in [0.2, 0.25) is 0 Å². The second-order valence-electron chi connectivity index (χ2n) is 8.60. The van der Waals surface area contributed by atoms with E-state index in [0.29, 0.717) is 21.3 Å². The summed E-state index contributed by atoms with van der Waals surface area (Å²) >= 11 is 12.6. The summed E-state index contributed by atoms with van der Waals surface area (Å²) in [4.78, 5) is 23.1. The van der Waals surface area contributed by atoms with Crippen molar-refractivity contribution in [3.8, 4) is 5.69 Å². The van der Waals surface area contributed by atoms with Crippen LogP contribution in [0.4, 0.5) is 11.4 Å². The Kier molecular flexibility index (Phi) is 8.58. The molecular weight excluding hydrogens is 577 g/mol. The minimum atomic E-state index is -4.50. The highest BCUT2D eigenvalue weighted by atomic mass is 35.5. The Bertz CT molecular complexity index is 1720. The summed E-state index contributed by atoms with van der Waals surface area (Å²) in [6.07, 6.45) is 1.43. The van der Waals surface area contributed by atoms with Crippen LogP contribution in [0, 0.1) is 24.0 Å². The molecule has 0 aliphatic rings. The number of nitro benzene ring substituents is 1. The molecule has 0 spiro atoms. The van der Waals surface area contributed by atoms with Crippen molar-refractivity contribution in [2.75, 3.05) is 10.8 Å². The first-order chi connectivity index (χ1) is 19.0. The molecule has 40 heavy (non-hydrogen) atoms. The summed E-state index contributed by atoms with van der Waals surface area (Å²) < 4.78 is 29.8. The van der Waals surface area contributed by atoms with Crippen molar-refractivity contribution in [2.45, 2.75) is 18.7 Å². The summed E-state index contributed by atoms with van der Waals surface area (Å²) in [5.41, 5.74) is 4.89. The van der Waals surface area contributed by atoms with Crippen molar-refractivity contribution in [2.24, 2.45) is 5.10 Å². The van der Waals surface area contributed by atoms with Crippen LogP contribution in [0.15, 0.2) is 88.9 Å².